The number of imidazole rings is 1. The zero-order chi connectivity index (χ0) is 16.5. The number of rotatable bonds is 3. The molecular weight excluding hydrogens is 302 g/mol. The van der Waals surface area contributed by atoms with E-state index in [4.69, 9.17) is 4.42 Å². The molecule has 0 saturated heterocycles. The van der Waals surface area contributed by atoms with E-state index in [1.165, 1.54) is 12.5 Å². The van der Waals surface area contributed by atoms with E-state index in [0.29, 0.717) is 5.56 Å². The van der Waals surface area contributed by atoms with Crippen molar-refractivity contribution in [1.82, 2.24) is 9.38 Å². The number of furan rings is 1. The number of amides is 1. The third kappa shape index (κ3) is 2.56. The highest BCUT2D eigenvalue weighted by Gasteiger charge is 2.11. The minimum absolute atomic E-state index is 0.195. The van der Waals surface area contributed by atoms with Gasteiger partial charge in [0.25, 0.3) is 5.91 Å². The van der Waals surface area contributed by atoms with Gasteiger partial charge >= 0.3 is 0 Å². The predicted octanol–water partition coefficient (Wildman–Crippen LogP) is 4.16. The van der Waals surface area contributed by atoms with Crippen molar-refractivity contribution in [3.8, 4) is 11.3 Å². The molecule has 0 aliphatic heterocycles. The Morgan fingerprint density at radius 2 is 2.12 bits per heavy atom. The molecule has 24 heavy (non-hydrogen) atoms. The van der Waals surface area contributed by atoms with Gasteiger partial charge in [0.15, 0.2) is 0 Å². The van der Waals surface area contributed by atoms with E-state index in [1.54, 1.807) is 6.07 Å². The summed E-state index contributed by atoms with van der Waals surface area (Å²) < 4.78 is 6.93. The van der Waals surface area contributed by atoms with Gasteiger partial charge in [-0.3, -0.25) is 4.79 Å². The van der Waals surface area contributed by atoms with Crippen LogP contribution in [0.25, 0.3) is 16.9 Å². The molecule has 4 aromatic rings. The molecule has 1 amide bonds. The largest absolute Gasteiger partial charge is 0.472 e. The van der Waals surface area contributed by atoms with E-state index < -0.39 is 0 Å². The van der Waals surface area contributed by atoms with Gasteiger partial charge in [-0.1, -0.05) is 18.2 Å². The maximum atomic E-state index is 12.2. The molecule has 0 aliphatic carbocycles. The van der Waals surface area contributed by atoms with Crippen molar-refractivity contribution in [2.75, 3.05) is 5.32 Å². The number of nitrogens with zero attached hydrogens (tertiary/aromatic N) is 2. The number of pyridine rings is 1. The van der Waals surface area contributed by atoms with Gasteiger partial charge in [-0.05, 0) is 36.8 Å². The number of carbonyl (C=O) groups is 1. The van der Waals surface area contributed by atoms with Crippen LogP contribution >= 0.6 is 0 Å². The second-order valence-corrected chi connectivity index (χ2v) is 5.59. The molecule has 0 aliphatic rings. The Labute approximate surface area is 138 Å². The average Bonchev–Trinajstić information content (AvgIpc) is 3.26. The molecule has 0 fully saturated rings. The second kappa shape index (κ2) is 5.70. The first-order chi connectivity index (χ1) is 11.7. The number of hydrogen-bond acceptors (Lipinski definition) is 3. The van der Waals surface area contributed by atoms with Gasteiger partial charge in [0.2, 0.25) is 0 Å². The number of aromatic nitrogens is 2. The van der Waals surface area contributed by atoms with Gasteiger partial charge in [0, 0.05) is 23.6 Å². The summed E-state index contributed by atoms with van der Waals surface area (Å²) in [7, 11) is 0. The van der Waals surface area contributed by atoms with Crippen LogP contribution in [-0.2, 0) is 0 Å². The lowest BCUT2D eigenvalue weighted by Crippen LogP contribution is -2.11. The van der Waals surface area contributed by atoms with Crippen LogP contribution in [-0.4, -0.2) is 15.3 Å². The summed E-state index contributed by atoms with van der Waals surface area (Å²) in [5.41, 5.74) is 4.94. The van der Waals surface area contributed by atoms with Crippen molar-refractivity contribution >= 4 is 17.2 Å². The number of carbonyl (C=O) groups excluding carboxylic acids is 1. The molecule has 118 valence electrons. The third-order valence-corrected chi connectivity index (χ3v) is 3.93. The molecule has 0 bridgehead atoms. The smallest absolute Gasteiger partial charge is 0.258 e. The minimum Gasteiger partial charge on any atom is -0.472 e. The quantitative estimate of drug-likeness (QED) is 0.617. The molecule has 5 nitrogen and oxygen atoms in total. The van der Waals surface area contributed by atoms with Gasteiger partial charge in [-0.2, -0.15) is 0 Å². The number of benzene rings is 1. The molecule has 1 aromatic carbocycles. The van der Waals surface area contributed by atoms with Crippen molar-refractivity contribution in [2.45, 2.75) is 6.92 Å². The first-order valence-corrected chi connectivity index (χ1v) is 7.59. The molecule has 3 aromatic heterocycles. The van der Waals surface area contributed by atoms with E-state index in [-0.39, 0.29) is 5.91 Å². The van der Waals surface area contributed by atoms with Crippen LogP contribution in [0.1, 0.15) is 15.9 Å². The normalized spacial score (nSPS) is 10.9. The SMILES string of the molecule is Cc1ccc(-c2cn3ccccc3n2)cc1NC(=O)c1ccoc1. The Kier molecular flexibility index (Phi) is 3.39. The maximum absolute atomic E-state index is 12.2. The summed E-state index contributed by atoms with van der Waals surface area (Å²) in [4.78, 5) is 16.8. The molecule has 0 radical (unpaired) electrons. The first-order valence-electron chi connectivity index (χ1n) is 7.59. The Morgan fingerprint density at radius 1 is 1.21 bits per heavy atom. The summed E-state index contributed by atoms with van der Waals surface area (Å²) in [6, 6.07) is 13.4. The van der Waals surface area contributed by atoms with Crippen LogP contribution in [0.2, 0.25) is 0 Å². The van der Waals surface area contributed by atoms with E-state index in [1.807, 2.05) is 60.1 Å². The molecule has 5 heteroatoms. The van der Waals surface area contributed by atoms with Crippen LogP contribution in [0, 0.1) is 6.92 Å². The number of anilines is 1. The van der Waals surface area contributed by atoms with Crippen molar-refractivity contribution in [3.63, 3.8) is 0 Å². The number of aryl methyl sites for hydroxylation is 1. The van der Waals surface area contributed by atoms with E-state index >= 15 is 0 Å². The third-order valence-electron chi connectivity index (χ3n) is 3.93. The van der Waals surface area contributed by atoms with Crippen molar-refractivity contribution in [1.29, 1.82) is 0 Å². The summed E-state index contributed by atoms with van der Waals surface area (Å²) >= 11 is 0. The highest BCUT2D eigenvalue weighted by molar-refractivity contribution is 6.04. The van der Waals surface area contributed by atoms with Crippen molar-refractivity contribution in [3.05, 3.63) is 78.5 Å². The van der Waals surface area contributed by atoms with Gasteiger partial charge in [-0.15, -0.1) is 0 Å². The minimum atomic E-state index is -0.195. The fourth-order valence-corrected chi connectivity index (χ4v) is 2.58. The number of fused-ring (bicyclic) bond motifs is 1. The Morgan fingerprint density at radius 3 is 2.92 bits per heavy atom. The standard InChI is InChI=1S/C19H15N3O2/c1-13-5-6-14(17-11-22-8-3-2-4-18(22)20-17)10-16(13)21-19(23)15-7-9-24-12-15/h2-12H,1H3,(H,21,23). The van der Waals surface area contributed by atoms with Crippen LogP contribution in [0.3, 0.4) is 0 Å². The summed E-state index contributed by atoms with van der Waals surface area (Å²) in [5.74, 6) is -0.195. The summed E-state index contributed by atoms with van der Waals surface area (Å²) in [6.07, 6.45) is 6.84. The van der Waals surface area contributed by atoms with Crippen LogP contribution in [0.5, 0.6) is 0 Å². The topological polar surface area (TPSA) is 59.5 Å². The van der Waals surface area contributed by atoms with E-state index in [2.05, 4.69) is 10.3 Å². The number of nitrogens with one attached hydrogen (secondary N) is 1. The molecule has 0 saturated carbocycles. The monoisotopic (exact) mass is 317 g/mol. The Bertz CT molecular complexity index is 983. The molecule has 0 spiro atoms. The van der Waals surface area contributed by atoms with E-state index in [9.17, 15) is 4.79 Å². The zero-order valence-corrected chi connectivity index (χ0v) is 13.1. The fourth-order valence-electron chi connectivity index (χ4n) is 2.58. The summed E-state index contributed by atoms with van der Waals surface area (Å²) in [6.45, 7) is 1.96. The fraction of sp³-hybridized carbons (Fsp3) is 0.0526. The van der Waals surface area contributed by atoms with Crippen LogP contribution < -0.4 is 5.32 Å². The van der Waals surface area contributed by atoms with Crippen LogP contribution in [0.15, 0.2) is 71.8 Å². The second-order valence-electron chi connectivity index (χ2n) is 5.59. The van der Waals surface area contributed by atoms with Crippen molar-refractivity contribution in [2.24, 2.45) is 0 Å². The Balaban J connectivity index is 1.69. The number of hydrogen-bond donors (Lipinski definition) is 1. The van der Waals surface area contributed by atoms with E-state index in [0.717, 1.165) is 28.2 Å². The lowest BCUT2D eigenvalue weighted by molar-refractivity contribution is 0.102. The van der Waals surface area contributed by atoms with Crippen molar-refractivity contribution < 1.29 is 9.21 Å². The molecule has 0 atom stereocenters. The van der Waals surface area contributed by atoms with Gasteiger partial charge < -0.3 is 14.1 Å². The maximum Gasteiger partial charge on any atom is 0.258 e. The highest BCUT2D eigenvalue weighted by atomic mass is 16.3. The molecule has 3 heterocycles. The predicted molar refractivity (Wildman–Crippen MR) is 92.0 cm³/mol. The highest BCUT2D eigenvalue weighted by Crippen LogP contribution is 2.25. The lowest BCUT2D eigenvalue weighted by Gasteiger charge is -2.09. The first kappa shape index (κ1) is 14.3. The molecule has 1 N–H and O–H groups in total. The molecular formula is C19H15N3O2. The lowest BCUT2D eigenvalue weighted by atomic mass is 10.1. The van der Waals surface area contributed by atoms with Crippen LogP contribution in [0.4, 0.5) is 5.69 Å². The zero-order valence-electron chi connectivity index (χ0n) is 13.1. The summed E-state index contributed by atoms with van der Waals surface area (Å²) in [5, 5.41) is 2.92. The van der Waals surface area contributed by atoms with Gasteiger partial charge in [0.05, 0.1) is 17.5 Å². The Hall–Kier alpha value is -3.34. The average molecular weight is 317 g/mol. The van der Waals surface area contributed by atoms with Gasteiger partial charge in [-0.25, -0.2) is 4.98 Å². The molecule has 0 unspecified atom stereocenters. The van der Waals surface area contributed by atoms with Gasteiger partial charge in [0.1, 0.15) is 11.9 Å². The molecule has 4 rings (SSSR count).